The first kappa shape index (κ1) is 15.0. The van der Waals surface area contributed by atoms with Crippen molar-refractivity contribution in [2.45, 2.75) is 12.5 Å². The average molecular weight is 307 g/mol. The van der Waals surface area contributed by atoms with E-state index in [9.17, 15) is 9.90 Å². The van der Waals surface area contributed by atoms with Crippen molar-refractivity contribution >= 4 is 22.6 Å². The second-order valence-electron chi connectivity index (χ2n) is 5.19. The van der Waals surface area contributed by atoms with E-state index in [1.807, 2.05) is 48.5 Å². The molecular weight excluding hydrogens is 290 g/mol. The molecule has 0 radical (unpaired) electrons. The van der Waals surface area contributed by atoms with E-state index in [0.29, 0.717) is 11.4 Å². The van der Waals surface area contributed by atoms with Crippen molar-refractivity contribution in [1.29, 1.82) is 0 Å². The first-order valence-electron chi connectivity index (χ1n) is 7.36. The number of carbonyl (C=O) groups excluding carboxylic acids is 1. The van der Waals surface area contributed by atoms with Crippen LogP contribution in [0.15, 0.2) is 66.7 Å². The van der Waals surface area contributed by atoms with Gasteiger partial charge in [0.25, 0.3) is 0 Å². The van der Waals surface area contributed by atoms with Crippen LogP contribution in [0.2, 0.25) is 0 Å². The highest BCUT2D eigenvalue weighted by molar-refractivity contribution is 5.81. The van der Waals surface area contributed by atoms with Crippen LogP contribution in [0, 0.1) is 0 Å². The zero-order chi connectivity index (χ0) is 16.1. The molecule has 23 heavy (non-hydrogen) atoms. The second kappa shape index (κ2) is 6.89. The van der Waals surface area contributed by atoms with Gasteiger partial charge in [-0.2, -0.15) is 0 Å². The summed E-state index contributed by atoms with van der Waals surface area (Å²) in [5.41, 5.74) is 6.88. The molecule has 0 saturated heterocycles. The molecule has 0 aliphatic rings. The van der Waals surface area contributed by atoms with E-state index in [4.69, 9.17) is 0 Å². The normalized spacial score (nSPS) is 11.9. The van der Waals surface area contributed by atoms with Crippen molar-refractivity contribution in [2.75, 3.05) is 5.43 Å². The minimum atomic E-state index is -0.831. The van der Waals surface area contributed by atoms with E-state index < -0.39 is 6.10 Å². The number of benzene rings is 2. The quantitative estimate of drug-likeness (QED) is 0.634. The minimum Gasteiger partial charge on any atom is -0.388 e. The molecule has 1 atom stereocenters. The largest absolute Gasteiger partial charge is 0.388 e. The van der Waals surface area contributed by atoms with Gasteiger partial charge in [0.1, 0.15) is 5.82 Å². The van der Waals surface area contributed by atoms with Crippen molar-refractivity contribution in [3.8, 4) is 0 Å². The number of hydrazine groups is 1. The summed E-state index contributed by atoms with van der Waals surface area (Å²) in [6.45, 7) is 0. The molecule has 0 fully saturated rings. The summed E-state index contributed by atoms with van der Waals surface area (Å²) in [7, 11) is 0. The average Bonchev–Trinajstić information content (AvgIpc) is 2.60. The Hall–Kier alpha value is -2.92. The van der Waals surface area contributed by atoms with Crippen LogP contribution in [0.3, 0.4) is 0 Å². The molecule has 1 aromatic heterocycles. The van der Waals surface area contributed by atoms with E-state index in [2.05, 4.69) is 15.8 Å². The number of amides is 1. The lowest BCUT2D eigenvalue weighted by atomic mass is 10.1. The van der Waals surface area contributed by atoms with Crippen LogP contribution < -0.4 is 10.9 Å². The van der Waals surface area contributed by atoms with Gasteiger partial charge >= 0.3 is 0 Å². The lowest BCUT2D eigenvalue weighted by molar-refractivity contribution is -0.122. The van der Waals surface area contributed by atoms with Crippen LogP contribution in [0.25, 0.3) is 10.9 Å². The van der Waals surface area contributed by atoms with Crippen LogP contribution in [-0.4, -0.2) is 16.0 Å². The van der Waals surface area contributed by atoms with Crippen LogP contribution >= 0.6 is 0 Å². The van der Waals surface area contributed by atoms with Gasteiger partial charge in [-0.05, 0) is 23.8 Å². The predicted molar refractivity (Wildman–Crippen MR) is 89.5 cm³/mol. The fourth-order valence-corrected chi connectivity index (χ4v) is 2.29. The number of aromatic nitrogens is 1. The first-order valence-corrected chi connectivity index (χ1v) is 7.36. The number of hydrogen-bond donors (Lipinski definition) is 3. The van der Waals surface area contributed by atoms with Gasteiger partial charge in [-0.25, -0.2) is 4.98 Å². The molecule has 0 spiro atoms. The summed E-state index contributed by atoms with van der Waals surface area (Å²) in [6.07, 6.45) is -0.854. The molecular formula is C18H17N3O2. The molecule has 0 bridgehead atoms. The molecule has 116 valence electrons. The van der Waals surface area contributed by atoms with Gasteiger partial charge in [0, 0.05) is 5.39 Å². The summed E-state index contributed by atoms with van der Waals surface area (Å²) in [6, 6.07) is 20.5. The Labute approximate surface area is 134 Å². The zero-order valence-corrected chi connectivity index (χ0v) is 12.4. The summed E-state index contributed by atoms with van der Waals surface area (Å²) in [5.74, 6) is 0.238. The maximum Gasteiger partial charge on any atom is 0.241 e. The minimum absolute atomic E-state index is 0.0232. The molecule has 3 rings (SSSR count). The fourth-order valence-electron chi connectivity index (χ4n) is 2.29. The molecule has 0 aliphatic heterocycles. The van der Waals surface area contributed by atoms with Crippen LogP contribution in [0.4, 0.5) is 5.82 Å². The lowest BCUT2D eigenvalue weighted by Gasteiger charge is -2.12. The number of nitrogens with one attached hydrogen (secondary N) is 2. The lowest BCUT2D eigenvalue weighted by Crippen LogP contribution is -2.30. The third-order valence-corrected chi connectivity index (χ3v) is 3.49. The van der Waals surface area contributed by atoms with Crippen molar-refractivity contribution in [3.05, 3.63) is 72.3 Å². The summed E-state index contributed by atoms with van der Waals surface area (Å²) in [5, 5.41) is 11.1. The highest BCUT2D eigenvalue weighted by Crippen LogP contribution is 2.16. The first-order chi connectivity index (χ1) is 11.2. The molecule has 1 heterocycles. The van der Waals surface area contributed by atoms with Crippen LogP contribution in [-0.2, 0) is 4.79 Å². The molecule has 1 unspecified atom stereocenters. The number of para-hydroxylation sites is 1. The standard InChI is InChI=1S/C18H17N3O2/c22-16(14-7-2-1-3-8-14)12-18(23)21-20-17-11-10-13-6-4-5-9-15(13)19-17/h1-11,16,22H,12H2,(H,19,20)(H,21,23). The highest BCUT2D eigenvalue weighted by Gasteiger charge is 2.12. The Kier molecular flexibility index (Phi) is 4.49. The molecule has 5 nitrogen and oxygen atoms in total. The van der Waals surface area contributed by atoms with Crippen molar-refractivity contribution < 1.29 is 9.90 Å². The van der Waals surface area contributed by atoms with Crippen LogP contribution in [0.5, 0.6) is 0 Å². The maximum absolute atomic E-state index is 11.9. The van der Waals surface area contributed by atoms with E-state index in [1.165, 1.54) is 0 Å². The summed E-state index contributed by atoms with van der Waals surface area (Å²) >= 11 is 0. The molecule has 1 amide bonds. The second-order valence-corrected chi connectivity index (χ2v) is 5.19. The van der Waals surface area contributed by atoms with Gasteiger partial charge in [0.15, 0.2) is 0 Å². The van der Waals surface area contributed by atoms with Gasteiger partial charge in [-0.3, -0.25) is 15.6 Å². The van der Waals surface area contributed by atoms with Gasteiger partial charge in [0.05, 0.1) is 18.0 Å². The number of anilines is 1. The van der Waals surface area contributed by atoms with Gasteiger partial charge in [-0.1, -0.05) is 48.5 Å². The number of carbonyl (C=O) groups is 1. The Bertz CT molecular complexity index is 805. The fraction of sp³-hybridized carbons (Fsp3) is 0.111. The third-order valence-electron chi connectivity index (χ3n) is 3.49. The van der Waals surface area contributed by atoms with E-state index in [0.717, 1.165) is 10.9 Å². The molecule has 3 N–H and O–H groups in total. The predicted octanol–water partition coefficient (Wildman–Crippen LogP) is 2.80. The number of pyridine rings is 1. The Morgan fingerprint density at radius 3 is 2.57 bits per heavy atom. The number of nitrogens with zero attached hydrogens (tertiary/aromatic N) is 1. The Morgan fingerprint density at radius 2 is 1.74 bits per heavy atom. The van der Waals surface area contributed by atoms with Gasteiger partial charge in [0.2, 0.25) is 5.91 Å². The molecule has 0 aliphatic carbocycles. The number of rotatable bonds is 5. The molecule has 5 heteroatoms. The van der Waals surface area contributed by atoms with Crippen molar-refractivity contribution in [1.82, 2.24) is 10.4 Å². The summed E-state index contributed by atoms with van der Waals surface area (Å²) in [4.78, 5) is 16.3. The smallest absolute Gasteiger partial charge is 0.241 e. The van der Waals surface area contributed by atoms with Gasteiger partial charge < -0.3 is 5.11 Å². The Balaban J connectivity index is 1.57. The molecule has 2 aromatic carbocycles. The topological polar surface area (TPSA) is 74.2 Å². The SMILES string of the molecule is O=C(CC(O)c1ccccc1)NNc1ccc2ccccc2n1. The zero-order valence-electron chi connectivity index (χ0n) is 12.4. The van der Waals surface area contributed by atoms with E-state index in [1.54, 1.807) is 18.2 Å². The number of hydrogen-bond acceptors (Lipinski definition) is 4. The monoisotopic (exact) mass is 307 g/mol. The van der Waals surface area contributed by atoms with E-state index in [-0.39, 0.29) is 12.3 Å². The van der Waals surface area contributed by atoms with Crippen molar-refractivity contribution in [2.24, 2.45) is 0 Å². The van der Waals surface area contributed by atoms with Crippen molar-refractivity contribution in [3.63, 3.8) is 0 Å². The third kappa shape index (κ3) is 3.84. The summed E-state index contributed by atoms with van der Waals surface area (Å²) < 4.78 is 0. The Morgan fingerprint density at radius 1 is 1.00 bits per heavy atom. The molecule has 0 saturated carbocycles. The maximum atomic E-state index is 11.9. The molecule has 3 aromatic rings. The van der Waals surface area contributed by atoms with Crippen LogP contribution in [0.1, 0.15) is 18.1 Å². The van der Waals surface area contributed by atoms with E-state index >= 15 is 0 Å². The number of fused-ring (bicyclic) bond motifs is 1. The number of aliphatic hydroxyl groups is 1. The van der Waals surface area contributed by atoms with Gasteiger partial charge in [-0.15, -0.1) is 0 Å². The number of aliphatic hydroxyl groups excluding tert-OH is 1. The highest BCUT2D eigenvalue weighted by atomic mass is 16.3.